The standard InChI is InChI=1S/C22H30N4O3/c1-5-8-14-25(6-2)19-15-17(4)23-22(21(19)24-28)26(16-20(27)29-7-3)18-12-10-9-11-13-18/h9-13,15H,5-8,14,16H2,1-4H3. The number of nitrogens with zero attached hydrogens (tertiary/aromatic N) is 4. The van der Waals surface area contributed by atoms with Crippen LogP contribution in [0.3, 0.4) is 0 Å². The Labute approximate surface area is 172 Å². The number of hydrogen-bond donors (Lipinski definition) is 0. The van der Waals surface area contributed by atoms with Crippen LogP contribution in [0.15, 0.2) is 41.6 Å². The van der Waals surface area contributed by atoms with Crippen LogP contribution in [0, 0.1) is 11.8 Å². The number of nitroso groups, excluding NO2 is 1. The predicted octanol–water partition coefficient (Wildman–Crippen LogP) is 5.12. The van der Waals surface area contributed by atoms with Crippen molar-refractivity contribution in [3.8, 4) is 0 Å². The second-order valence-corrected chi connectivity index (χ2v) is 6.71. The molecule has 0 amide bonds. The lowest BCUT2D eigenvalue weighted by Gasteiger charge is -2.28. The monoisotopic (exact) mass is 398 g/mol. The number of pyridine rings is 1. The zero-order valence-electron chi connectivity index (χ0n) is 17.7. The highest BCUT2D eigenvalue weighted by Gasteiger charge is 2.24. The molecule has 7 heteroatoms. The summed E-state index contributed by atoms with van der Waals surface area (Å²) in [5.74, 6) is -0.0272. The molecule has 2 rings (SSSR count). The fraction of sp³-hybridized carbons (Fsp3) is 0.455. The van der Waals surface area contributed by atoms with Crippen molar-refractivity contribution in [2.24, 2.45) is 5.18 Å². The van der Waals surface area contributed by atoms with Crippen LogP contribution in [0.5, 0.6) is 0 Å². The Morgan fingerprint density at radius 1 is 1.17 bits per heavy atom. The van der Waals surface area contributed by atoms with Gasteiger partial charge in [-0.05, 0) is 50.6 Å². The molecule has 0 unspecified atom stereocenters. The summed E-state index contributed by atoms with van der Waals surface area (Å²) in [7, 11) is 0. The first-order valence-corrected chi connectivity index (χ1v) is 10.1. The molecule has 0 N–H and O–H groups in total. The Kier molecular flexibility index (Phi) is 8.58. The highest BCUT2D eigenvalue weighted by Crippen LogP contribution is 2.40. The third-order valence-electron chi connectivity index (χ3n) is 4.59. The smallest absolute Gasteiger partial charge is 0.326 e. The van der Waals surface area contributed by atoms with Gasteiger partial charge in [0.1, 0.15) is 6.54 Å². The predicted molar refractivity (Wildman–Crippen MR) is 117 cm³/mol. The first kappa shape index (κ1) is 22.3. The maximum absolute atomic E-state index is 12.3. The Hall–Kier alpha value is -2.96. The summed E-state index contributed by atoms with van der Waals surface area (Å²) >= 11 is 0. The summed E-state index contributed by atoms with van der Waals surface area (Å²) in [5, 5.41) is 3.34. The normalized spacial score (nSPS) is 10.5. The Bertz CT molecular complexity index is 811. The summed E-state index contributed by atoms with van der Waals surface area (Å²) in [5.41, 5.74) is 2.47. The van der Waals surface area contributed by atoms with Gasteiger partial charge in [0.15, 0.2) is 11.5 Å². The van der Waals surface area contributed by atoms with Gasteiger partial charge in [0, 0.05) is 24.5 Å². The minimum Gasteiger partial charge on any atom is -0.465 e. The molecule has 29 heavy (non-hydrogen) atoms. The third kappa shape index (κ3) is 5.76. The lowest BCUT2D eigenvalue weighted by molar-refractivity contribution is -0.141. The van der Waals surface area contributed by atoms with Crippen molar-refractivity contribution in [3.05, 3.63) is 47.0 Å². The zero-order valence-corrected chi connectivity index (χ0v) is 17.7. The van der Waals surface area contributed by atoms with E-state index in [1.807, 2.05) is 50.2 Å². The van der Waals surface area contributed by atoms with Crippen LogP contribution in [0.25, 0.3) is 0 Å². The summed E-state index contributed by atoms with van der Waals surface area (Å²) in [6.07, 6.45) is 2.06. The minimum absolute atomic E-state index is 0.0582. The van der Waals surface area contributed by atoms with E-state index >= 15 is 0 Å². The number of hydrogen-bond acceptors (Lipinski definition) is 7. The maximum atomic E-state index is 12.3. The molecule has 0 spiro atoms. The van der Waals surface area contributed by atoms with Crippen molar-refractivity contribution in [1.82, 2.24) is 4.98 Å². The molecule has 1 heterocycles. The summed E-state index contributed by atoms with van der Waals surface area (Å²) < 4.78 is 5.14. The molecule has 0 aliphatic heterocycles. The van der Waals surface area contributed by atoms with Crippen molar-refractivity contribution >= 4 is 28.8 Å². The highest BCUT2D eigenvalue weighted by atomic mass is 16.5. The molecular formula is C22H30N4O3. The Balaban J connectivity index is 2.60. The first-order valence-electron chi connectivity index (χ1n) is 10.1. The van der Waals surface area contributed by atoms with Crippen molar-refractivity contribution in [3.63, 3.8) is 0 Å². The average Bonchev–Trinajstić information content (AvgIpc) is 2.73. The fourth-order valence-electron chi connectivity index (χ4n) is 3.18. The van der Waals surface area contributed by atoms with Crippen LogP contribution >= 0.6 is 0 Å². The van der Waals surface area contributed by atoms with Gasteiger partial charge in [-0.3, -0.25) is 4.79 Å². The van der Waals surface area contributed by atoms with Crippen LogP contribution in [-0.4, -0.2) is 37.2 Å². The van der Waals surface area contributed by atoms with E-state index in [-0.39, 0.29) is 18.8 Å². The van der Waals surface area contributed by atoms with E-state index in [0.29, 0.717) is 5.82 Å². The van der Waals surface area contributed by atoms with Crippen LogP contribution in [0.2, 0.25) is 0 Å². The van der Waals surface area contributed by atoms with E-state index in [0.717, 1.165) is 43.0 Å². The fourth-order valence-corrected chi connectivity index (χ4v) is 3.18. The van der Waals surface area contributed by atoms with Gasteiger partial charge >= 0.3 is 5.97 Å². The van der Waals surface area contributed by atoms with Gasteiger partial charge in [-0.2, -0.15) is 0 Å². The molecule has 0 aliphatic rings. The largest absolute Gasteiger partial charge is 0.465 e. The SMILES string of the molecule is CCCCN(CC)c1cc(C)nc(N(CC(=O)OCC)c2ccccc2)c1N=O. The van der Waals surface area contributed by atoms with E-state index in [2.05, 4.69) is 22.0 Å². The lowest BCUT2D eigenvalue weighted by atomic mass is 10.2. The maximum Gasteiger partial charge on any atom is 0.326 e. The number of carbonyl (C=O) groups is 1. The average molecular weight is 399 g/mol. The highest BCUT2D eigenvalue weighted by molar-refractivity contribution is 5.86. The number of benzene rings is 1. The molecule has 0 atom stereocenters. The molecular weight excluding hydrogens is 368 g/mol. The van der Waals surface area contributed by atoms with Crippen molar-refractivity contribution in [2.75, 3.05) is 36.0 Å². The first-order chi connectivity index (χ1) is 14.0. The molecule has 7 nitrogen and oxygen atoms in total. The van der Waals surface area contributed by atoms with Crippen molar-refractivity contribution in [2.45, 2.75) is 40.5 Å². The topological polar surface area (TPSA) is 75.1 Å². The number of para-hydroxylation sites is 1. The number of aromatic nitrogens is 1. The Morgan fingerprint density at radius 2 is 1.90 bits per heavy atom. The van der Waals surface area contributed by atoms with Gasteiger partial charge in [0.25, 0.3) is 0 Å². The summed E-state index contributed by atoms with van der Waals surface area (Å²) in [6.45, 7) is 9.61. The molecule has 156 valence electrons. The number of unbranched alkanes of at least 4 members (excludes halogenated alkanes) is 1. The molecule has 0 saturated carbocycles. The second kappa shape index (κ2) is 11.1. The van der Waals surface area contributed by atoms with E-state index in [1.165, 1.54) is 0 Å². The van der Waals surface area contributed by atoms with E-state index in [4.69, 9.17) is 4.74 Å². The number of carbonyl (C=O) groups excluding carboxylic acids is 1. The van der Waals surface area contributed by atoms with Gasteiger partial charge in [0.2, 0.25) is 0 Å². The quantitative estimate of drug-likeness (QED) is 0.386. The number of esters is 1. The second-order valence-electron chi connectivity index (χ2n) is 6.71. The molecule has 0 saturated heterocycles. The zero-order chi connectivity index (χ0) is 21.2. The minimum atomic E-state index is -0.392. The van der Waals surface area contributed by atoms with Gasteiger partial charge in [0.05, 0.1) is 12.3 Å². The van der Waals surface area contributed by atoms with Gasteiger partial charge in [-0.25, -0.2) is 4.98 Å². The summed E-state index contributed by atoms with van der Waals surface area (Å²) in [6, 6.07) is 11.3. The van der Waals surface area contributed by atoms with Gasteiger partial charge in [-0.15, -0.1) is 4.91 Å². The van der Waals surface area contributed by atoms with Gasteiger partial charge in [-0.1, -0.05) is 31.5 Å². The summed E-state index contributed by atoms with van der Waals surface area (Å²) in [4.78, 5) is 32.6. The van der Waals surface area contributed by atoms with Crippen LogP contribution < -0.4 is 9.80 Å². The van der Waals surface area contributed by atoms with E-state index in [9.17, 15) is 9.70 Å². The van der Waals surface area contributed by atoms with E-state index in [1.54, 1.807) is 11.8 Å². The number of rotatable bonds is 11. The Morgan fingerprint density at radius 3 is 2.48 bits per heavy atom. The number of aryl methyl sites for hydroxylation is 1. The molecule has 0 radical (unpaired) electrons. The van der Waals surface area contributed by atoms with E-state index < -0.39 is 5.97 Å². The van der Waals surface area contributed by atoms with Crippen molar-refractivity contribution < 1.29 is 9.53 Å². The lowest BCUT2D eigenvalue weighted by Crippen LogP contribution is -2.29. The molecule has 1 aromatic carbocycles. The van der Waals surface area contributed by atoms with Crippen LogP contribution in [-0.2, 0) is 9.53 Å². The molecule has 1 aromatic heterocycles. The number of anilines is 3. The number of ether oxygens (including phenoxy) is 1. The van der Waals surface area contributed by atoms with Gasteiger partial charge < -0.3 is 14.5 Å². The third-order valence-corrected chi connectivity index (χ3v) is 4.59. The molecule has 2 aromatic rings. The van der Waals surface area contributed by atoms with Crippen LogP contribution in [0.1, 0.15) is 39.3 Å². The van der Waals surface area contributed by atoms with Crippen LogP contribution in [0.4, 0.5) is 22.9 Å². The molecule has 0 aliphatic carbocycles. The molecule has 0 fully saturated rings. The molecule has 0 bridgehead atoms. The van der Waals surface area contributed by atoms with Crippen molar-refractivity contribution in [1.29, 1.82) is 0 Å².